The quantitative estimate of drug-likeness (QED) is 0.832. The van der Waals surface area contributed by atoms with Crippen molar-refractivity contribution in [2.45, 2.75) is 12.8 Å². The van der Waals surface area contributed by atoms with Gasteiger partial charge in [-0.25, -0.2) is 0 Å². The van der Waals surface area contributed by atoms with Crippen LogP contribution in [0.1, 0.15) is 23.2 Å². The number of carbonyl (C=O) groups is 1. The first kappa shape index (κ1) is 11.3. The summed E-state index contributed by atoms with van der Waals surface area (Å²) in [5, 5.41) is 5.91. The van der Waals surface area contributed by atoms with Crippen molar-refractivity contribution in [2.24, 2.45) is 0 Å². The third-order valence-electron chi connectivity index (χ3n) is 3.18. The molecular formula is C13H13N3OS. The summed E-state index contributed by atoms with van der Waals surface area (Å²) < 4.78 is 3.84. The van der Waals surface area contributed by atoms with E-state index in [1.807, 2.05) is 34.5 Å². The molecular weight excluding hydrogens is 246 g/mol. The molecule has 3 rings (SSSR count). The third-order valence-corrected chi connectivity index (χ3v) is 3.69. The van der Waals surface area contributed by atoms with Gasteiger partial charge >= 0.3 is 0 Å². The molecule has 0 unspecified atom stereocenters. The molecule has 2 heterocycles. The van der Waals surface area contributed by atoms with Crippen molar-refractivity contribution in [3.05, 3.63) is 35.2 Å². The van der Waals surface area contributed by atoms with E-state index in [4.69, 9.17) is 0 Å². The number of nitrogens with zero attached hydrogens (tertiary/aromatic N) is 3. The first-order valence-corrected chi connectivity index (χ1v) is 6.85. The van der Waals surface area contributed by atoms with Crippen LogP contribution < -0.4 is 0 Å². The van der Waals surface area contributed by atoms with E-state index in [1.54, 1.807) is 0 Å². The lowest BCUT2D eigenvalue weighted by Crippen LogP contribution is -2.27. The minimum atomic E-state index is 0.135. The van der Waals surface area contributed by atoms with Gasteiger partial charge in [-0.05, 0) is 36.5 Å². The number of amides is 1. The number of rotatable bonds is 2. The van der Waals surface area contributed by atoms with Gasteiger partial charge in [-0.2, -0.15) is 0 Å². The molecule has 0 atom stereocenters. The fourth-order valence-corrected chi connectivity index (χ4v) is 2.64. The van der Waals surface area contributed by atoms with Gasteiger partial charge in [0.2, 0.25) is 0 Å². The SMILES string of the molecule is O=C(c1ccc(-c2csnn2)cc1)N1CCCC1. The molecule has 1 amide bonds. The first-order chi connectivity index (χ1) is 8.84. The topological polar surface area (TPSA) is 46.1 Å². The molecule has 1 aliphatic rings. The summed E-state index contributed by atoms with van der Waals surface area (Å²) in [5.41, 5.74) is 2.62. The van der Waals surface area contributed by atoms with Crippen LogP contribution in [-0.2, 0) is 0 Å². The van der Waals surface area contributed by atoms with E-state index in [2.05, 4.69) is 9.59 Å². The highest BCUT2D eigenvalue weighted by Gasteiger charge is 2.19. The molecule has 1 aromatic heterocycles. The van der Waals surface area contributed by atoms with Gasteiger partial charge in [0.05, 0.1) is 0 Å². The summed E-state index contributed by atoms with van der Waals surface area (Å²) in [6, 6.07) is 7.60. The molecule has 4 nitrogen and oxygen atoms in total. The molecule has 18 heavy (non-hydrogen) atoms. The van der Waals surface area contributed by atoms with Crippen molar-refractivity contribution < 1.29 is 4.79 Å². The Morgan fingerprint density at radius 1 is 1.17 bits per heavy atom. The Hall–Kier alpha value is -1.75. The van der Waals surface area contributed by atoms with Crippen LogP contribution in [0.3, 0.4) is 0 Å². The second-order valence-electron chi connectivity index (χ2n) is 4.37. The summed E-state index contributed by atoms with van der Waals surface area (Å²) in [4.78, 5) is 14.1. The zero-order chi connectivity index (χ0) is 12.4. The minimum absolute atomic E-state index is 0.135. The van der Waals surface area contributed by atoms with Gasteiger partial charge in [0.1, 0.15) is 5.69 Å². The average Bonchev–Trinajstić information content (AvgIpc) is 3.11. The Labute approximate surface area is 109 Å². The van der Waals surface area contributed by atoms with Gasteiger partial charge < -0.3 is 4.90 Å². The Morgan fingerprint density at radius 3 is 2.50 bits per heavy atom. The van der Waals surface area contributed by atoms with Crippen LogP contribution in [0.5, 0.6) is 0 Å². The normalized spacial score (nSPS) is 15.0. The molecule has 1 fully saturated rings. The van der Waals surface area contributed by atoms with Gasteiger partial charge in [0.15, 0.2) is 0 Å². The Balaban J connectivity index is 1.80. The standard InChI is InChI=1S/C13H13N3OS/c17-13(16-7-1-2-8-16)11-5-3-10(4-6-11)12-9-18-15-14-12/h3-6,9H,1-2,7-8H2. The summed E-state index contributed by atoms with van der Waals surface area (Å²) in [7, 11) is 0. The van der Waals surface area contributed by atoms with Crippen molar-refractivity contribution in [1.82, 2.24) is 14.5 Å². The van der Waals surface area contributed by atoms with E-state index >= 15 is 0 Å². The first-order valence-electron chi connectivity index (χ1n) is 6.01. The summed E-state index contributed by atoms with van der Waals surface area (Å²) in [6.07, 6.45) is 2.24. The number of aromatic nitrogens is 2. The molecule has 1 aromatic carbocycles. The number of carbonyl (C=O) groups excluding carboxylic acids is 1. The summed E-state index contributed by atoms with van der Waals surface area (Å²) in [5.74, 6) is 0.135. The highest BCUT2D eigenvalue weighted by Crippen LogP contribution is 2.19. The molecule has 0 aliphatic carbocycles. The van der Waals surface area contributed by atoms with Crippen molar-refractivity contribution in [2.75, 3.05) is 13.1 Å². The zero-order valence-electron chi connectivity index (χ0n) is 9.87. The monoisotopic (exact) mass is 259 g/mol. The van der Waals surface area contributed by atoms with Crippen LogP contribution >= 0.6 is 11.5 Å². The van der Waals surface area contributed by atoms with Crippen LogP contribution in [0.15, 0.2) is 29.6 Å². The molecule has 2 aromatic rings. The second-order valence-corrected chi connectivity index (χ2v) is 4.98. The van der Waals surface area contributed by atoms with E-state index in [0.717, 1.165) is 42.8 Å². The number of likely N-dealkylation sites (tertiary alicyclic amines) is 1. The predicted octanol–water partition coefficient (Wildman–Crippen LogP) is 2.44. The highest BCUT2D eigenvalue weighted by molar-refractivity contribution is 7.03. The van der Waals surface area contributed by atoms with Gasteiger partial charge in [0, 0.05) is 29.6 Å². The van der Waals surface area contributed by atoms with E-state index < -0.39 is 0 Å². The summed E-state index contributed by atoms with van der Waals surface area (Å²) >= 11 is 1.33. The molecule has 1 aliphatic heterocycles. The lowest BCUT2D eigenvalue weighted by atomic mass is 10.1. The van der Waals surface area contributed by atoms with Gasteiger partial charge in [-0.1, -0.05) is 16.6 Å². The molecule has 5 heteroatoms. The van der Waals surface area contributed by atoms with Crippen molar-refractivity contribution in [3.63, 3.8) is 0 Å². The Kier molecular flexibility index (Phi) is 3.06. The number of hydrogen-bond acceptors (Lipinski definition) is 4. The van der Waals surface area contributed by atoms with Crippen LogP contribution in [0, 0.1) is 0 Å². The molecule has 0 N–H and O–H groups in total. The van der Waals surface area contributed by atoms with Crippen LogP contribution in [0.25, 0.3) is 11.3 Å². The lowest BCUT2D eigenvalue weighted by molar-refractivity contribution is 0.0793. The third kappa shape index (κ3) is 2.13. The number of benzene rings is 1. The van der Waals surface area contributed by atoms with E-state index in [9.17, 15) is 4.79 Å². The predicted molar refractivity (Wildman–Crippen MR) is 70.5 cm³/mol. The Bertz CT molecular complexity index is 530. The molecule has 0 spiro atoms. The smallest absolute Gasteiger partial charge is 0.253 e. The second kappa shape index (κ2) is 4.86. The number of hydrogen-bond donors (Lipinski definition) is 0. The van der Waals surface area contributed by atoms with Crippen LogP contribution in [-0.4, -0.2) is 33.5 Å². The maximum absolute atomic E-state index is 12.1. The van der Waals surface area contributed by atoms with E-state index in [1.165, 1.54) is 11.5 Å². The lowest BCUT2D eigenvalue weighted by Gasteiger charge is -2.15. The molecule has 0 saturated carbocycles. The van der Waals surface area contributed by atoms with Gasteiger partial charge in [-0.3, -0.25) is 4.79 Å². The fraction of sp³-hybridized carbons (Fsp3) is 0.308. The van der Waals surface area contributed by atoms with Crippen LogP contribution in [0.2, 0.25) is 0 Å². The molecule has 0 bridgehead atoms. The van der Waals surface area contributed by atoms with E-state index in [-0.39, 0.29) is 5.91 Å². The fourth-order valence-electron chi connectivity index (χ4n) is 2.18. The van der Waals surface area contributed by atoms with Crippen molar-refractivity contribution in [1.29, 1.82) is 0 Å². The van der Waals surface area contributed by atoms with Gasteiger partial charge in [-0.15, -0.1) is 5.10 Å². The largest absolute Gasteiger partial charge is 0.339 e. The molecule has 0 radical (unpaired) electrons. The minimum Gasteiger partial charge on any atom is -0.339 e. The van der Waals surface area contributed by atoms with Gasteiger partial charge in [0.25, 0.3) is 5.91 Å². The van der Waals surface area contributed by atoms with Crippen molar-refractivity contribution >= 4 is 17.4 Å². The average molecular weight is 259 g/mol. The van der Waals surface area contributed by atoms with Crippen LogP contribution in [0.4, 0.5) is 0 Å². The Morgan fingerprint density at radius 2 is 1.89 bits per heavy atom. The molecule has 1 saturated heterocycles. The highest BCUT2D eigenvalue weighted by atomic mass is 32.1. The molecule has 92 valence electrons. The summed E-state index contributed by atoms with van der Waals surface area (Å²) in [6.45, 7) is 1.77. The van der Waals surface area contributed by atoms with E-state index in [0.29, 0.717) is 0 Å². The maximum atomic E-state index is 12.1. The van der Waals surface area contributed by atoms with Crippen molar-refractivity contribution in [3.8, 4) is 11.3 Å². The zero-order valence-corrected chi connectivity index (χ0v) is 10.7. The maximum Gasteiger partial charge on any atom is 0.253 e.